The van der Waals surface area contributed by atoms with E-state index in [1.165, 1.54) is 5.56 Å². The Morgan fingerprint density at radius 3 is 3.12 bits per heavy atom. The number of hydrogen-bond donors (Lipinski definition) is 1. The molecule has 3 heteroatoms. The molecule has 3 nitrogen and oxygen atoms in total. The highest BCUT2D eigenvalue weighted by Crippen LogP contribution is 2.50. The largest absolute Gasteiger partial charge is 0.508 e. The van der Waals surface area contributed by atoms with E-state index >= 15 is 0 Å². The number of rotatable bonds is 1. The van der Waals surface area contributed by atoms with Crippen LogP contribution in [0.25, 0.3) is 0 Å². The van der Waals surface area contributed by atoms with Crippen LogP contribution in [0.1, 0.15) is 25.3 Å². The van der Waals surface area contributed by atoms with Crippen LogP contribution in [0.3, 0.4) is 0 Å². The van der Waals surface area contributed by atoms with E-state index in [1.54, 1.807) is 6.07 Å². The van der Waals surface area contributed by atoms with Crippen molar-refractivity contribution in [2.24, 2.45) is 0 Å². The third-order valence-electron chi connectivity index (χ3n) is 4.43. The van der Waals surface area contributed by atoms with Crippen molar-refractivity contribution in [2.45, 2.75) is 31.3 Å². The van der Waals surface area contributed by atoms with Crippen LogP contribution in [0.2, 0.25) is 0 Å². The summed E-state index contributed by atoms with van der Waals surface area (Å²) in [5, 5.41) is 9.68. The maximum Gasteiger partial charge on any atom is 0.124 e. The van der Waals surface area contributed by atoms with Crippen molar-refractivity contribution in [1.82, 2.24) is 4.90 Å². The number of hydrogen-bond acceptors (Lipinski definition) is 3. The van der Waals surface area contributed by atoms with Gasteiger partial charge in [0.15, 0.2) is 0 Å². The van der Waals surface area contributed by atoms with Gasteiger partial charge in [0.1, 0.15) is 17.6 Å². The number of ether oxygens (including phenoxy) is 1. The van der Waals surface area contributed by atoms with E-state index in [2.05, 4.69) is 18.9 Å². The van der Waals surface area contributed by atoms with Crippen LogP contribution in [0.5, 0.6) is 11.5 Å². The molecule has 1 aromatic rings. The van der Waals surface area contributed by atoms with Crippen molar-refractivity contribution in [2.75, 3.05) is 20.1 Å². The lowest BCUT2D eigenvalue weighted by atomic mass is 9.70. The number of phenols is 1. The van der Waals surface area contributed by atoms with Gasteiger partial charge in [0.05, 0.1) is 0 Å². The standard InChI is InChI=1S/C14H19NO2/c1-3-14-6-7-15(2)9-13(14)17-12-5-4-10(16)8-11(12)14/h4-5,8,13,16H,3,6-7,9H2,1-2H3/t13-,14-/m1/s1. The van der Waals surface area contributed by atoms with E-state index in [0.29, 0.717) is 5.75 Å². The molecule has 0 saturated carbocycles. The molecule has 0 bridgehead atoms. The number of likely N-dealkylation sites (N-methyl/N-ethyl adjacent to an activating group) is 1. The first-order valence-electron chi connectivity index (χ1n) is 6.34. The van der Waals surface area contributed by atoms with Crippen LogP contribution in [0.15, 0.2) is 18.2 Å². The summed E-state index contributed by atoms with van der Waals surface area (Å²) in [7, 11) is 2.14. The summed E-state index contributed by atoms with van der Waals surface area (Å²) in [4.78, 5) is 2.32. The minimum atomic E-state index is 0.112. The highest BCUT2D eigenvalue weighted by Gasteiger charge is 2.50. The van der Waals surface area contributed by atoms with E-state index in [9.17, 15) is 5.11 Å². The molecule has 92 valence electrons. The van der Waals surface area contributed by atoms with Gasteiger partial charge in [0.2, 0.25) is 0 Å². The Morgan fingerprint density at radius 1 is 1.53 bits per heavy atom. The predicted molar refractivity (Wildman–Crippen MR) is 66.6 cm³/mol. The second kappa shape index (κ2) is 3.64. The van der Waals surface area contributed by atoms with E-state index in [4.69, 9.17) is 4.74 Å². The van der Waals surface area contributed by atoms with Gasteiger partial charge in [-0.3, -0.25) is 0 Å². The molecule has 2 heterocycles. The summed E-state index contributed by atoms with van der Waals surface area (Å²) in [6.45, 7) is 4.30. The zero-order valence-electron chi connectivity index (χ0n) is 10.4. The molecule has 17 heavy (non-hydrogen) atoms. The fourth-order valence-electron chi connectivity index (χ4n) is 3.32. The zero-order chi connectivity index (χ0) is 12.0. The van der Waals surface area contributed by atoms with Crippen molar-refractivity contribution in [1.29, 1.82) is 0 Å². The van der Waals surface area contributed by atoms with Crippen LogP contribution in [0, 0.1) is 0 Å². The van der Waals surface area contributed by atoms with Gasteiger partial charge in [0.25, 0.3) is 0 Å². The third-order valence-corrected chi connectivity index (χ3v) is 4.43. The molecule has 1 aromatic carbocycles. The van der Waals surface area contributed by atoms with Crippen molar-refractivity contribution in [3.8, 4) is 11.5 Å². The molecule has 0 unspecified atom stereocenters. The lowest BCUT2D eigenvalue weighted by Gasteiger charge is -2.41. The van der Waals surface area contributed by atoms with Gasteiger partial charge >= 0.3 is 0 Å². The van der Waals surface area contributed by atoms with Crippen molar-refractivity contribution < 1.29 is 9.84 Å². The van der Waals surface area contributed by atoms with E-state index in [-0.39, 0.29) is 11.5 Å². The SMILES string of the molecule is CC[C@]12CCN(C)C[C@H]1Oc1ccc(O)cc12. The van der Waals surface area contributed by atoms with Crippen molar-refractivity contribution >= 4 is 0 Å². The highest BCUT2D eigenvalue weighted by molar-refractivity contribution is 5.49. The maximum absolute atomic E-state index is 9.68. The average molecular weight is 233 g/mol. The molecule has 2 aliphatic heterocycles. The van der Waals surface area contributed by atoms with E-state index < -0.39 is 0 Å². The smallest absolute Gasteiger partial charge is 0.124 e. The molecule has 0 radical (unpaired) electrons. The Hall–Kier alpha value is -1.22. The lowest BCUT2D eigenvalue weighted by molar-refractivity contribution is 0.0527. The van der Waals surface area contributed by atoms with Crippen LogP contribution in [-0.2, 0) is 5.41 Å². The van der Waals surface area contributed by atoms with E-state index in [0.717, 1.165) is 31.7 Å². The summed E-state index contributed by atoms with van der Waals surface area (Å²) in [5.74, 6) is 1.31. The van der Waals surface area contributed by atoms with Gasteiger partial charge in [-0.1, -0.05) is 6.92 Å². The number of benzene rings is 1. The van der Waals surface area contributed by atoms with Crippen LogP contribution in [-0.4, -0.2) is 36.2 Å². The van der Waals surface area contributed by atoms with Gasteiger partial charge < -0.3 is 14.7 Å². The topological polar surface area (TPSA) is 32.7 Å². The Kier molecular flexibility index (Phi) is 2.33. The number of phenolic OH excluding ortho intramolecular Hbond substituents is 1. The summed E-state index contributed by atoms with van der Waals surface area (Å²) in [5.41, 5.74) is 1.32. The molecule has 0 aliphatic carbocycles. The van der Waals surface area contributed by atoms with Crippen molar-refractivity contribution in [3.05, 3.63) is 23.8 Å². The number of piperidine rings is 1. The summed E-state index contributed by atoms with van der Waals surface area (Å²) in [6.07, 6.45) is 2.42. The molecule has 2 atom stereocenters. The zero-order valence-corrected chi connectivity index (χ0v) is 10.4. The molecule has 3 rings (SSSR count). The molecular formula is C14H19NO2. The quantitative estimate of drug-likeness (QED) is 0.806. The fraction of sp³-hybridized carbons (Fsp3) is 0.571. The molecule has 1 fully saturated rings. The number of likely N-dealkylation sites (tertiary alicyclic amines) is 1. The number of nitrogens with zero attached hydrogens (tertiary/aromatic N) is 1. The van der Waals surface area contributed by atoms with E-state index in [1.807, 2.05) is 12.1 Å². The first-order chi connectivity index (χ1) is 8.15. The highest BCUT2D eigenvalue weighted by atomic mass is 16.5. The summed E-state index contributed by atoms with van der Waals surface area (Å²) >= 11 is 0. The second-order valence-corrected chi connectivity index (χ2v) is 5.31. The van der Waals surface area contributed by atoms with Crippen molar-refractivity contribution in [3.63, 3.8) is 0 Å². The molecular weight excluding hydrogens is 214 g/mol. The van der Waals surface area contributed by atoms with Crippen LogP contribution < -0.4 is 4.74 Å². The Labute approximate surface area is 102 Å². The Balaban J connectivity index is 2.08. The Bertz CT molecular complexity index is 446. The van der Waals surface area contributed by atoms with Gasteiger partial charge in [0, 0.05) is 17.5 Å². The molecule has 1 saturated heterocycles. The number of fused-ring (bicyclic) bond motifs is 3. The van der Waals surface area contributed by atoms with Gasteiger partial charge in [-0.15, -0.1) is 0 Å². The third kappa shape index (κ3) is 1.45. The van der Waals surface area contributed by atoms with Crippen LogP contribution >= 0.6 is 0 Å². The van der Waals surface area contributed by atoms with Gasteiger partial charge in [-0.2, -0.15) is 0 Å². The van der Waals surface area contributed by atoms with Gasteiger partial charge in [-0.25, -0.2) is 0 Å². The maximum atomic E-state index is 9.68. The first-order valence-corrected chi connectivity index (χ1v) is 6.34. The molecule has 1 N–H and O–H groups in total. The van der Waals surface area contributed by atoms with Gasteiger partial charge in [-0.05, 0) is 44.6 Å². The number of aromatic hydroxyl groups is 1. The molecule has 0 spiro atoms. The fourth-order valence-corrected chi connectivity index (χ4v) is 3.32. The minimum absolute atomic E-state index is 0.112. The minimum Gasteiger partial charge on any atom is -0.508 e. The predicted octanol–water partition coefficient (Wildman–Crippen LogP) is 2.14. The summed E-state index contributed by atoms with van der Waals surface area (Å²) in [6, 6.07) is 5.51. The average Bonchev–Trinajstić information content (AvgIpc) is 2.63. The lowest BCUT2D eigenvalue weighted by Crippen LogP contribution is -2.51. The molecule has 0 amide bonds. The molecule has 2 aliphatic rings. The molecule has 0 aromatic heterocycles. The first kappa shape index (κ1) is 10.9. The summed E-state index contributed by atoms with van der Waals surface area (Å²) < 4.78 is 6.08. The normalized spacial score (nSPS) is 31.8. The monoisotopic (exact) mass is 233 g/mol. The van der Waals surface area contributed by atoms with Crippen LogP contribution in [0.4, 0.5) is 0 Å². The Morgan fingerprint density at radius 2 is 2.35 bits per heavy atom. The second-order valence-electron chi connectivity index (χ2n) is 5.31.